The maximum atomic E-state index is 9.78. The molecule has 2 unspecified atom stereocenters. The summed E-state index contributed by atoms with van der Waals surface area (Å²) in [5.74, 6) is 0. The Kier molecular flexibility index (Phi) is 11.2. The molecule has 0 heterocycles. The monoisotopic (exact) mass is 292 g/mol. The molecule has 0 aliphatic rings. The van der Waals surface area contributed by atoms with Crippen molar-refractivity contribution in [1.82, 2.24) is 0 Å². The van der Waals surface area contributed by atoms with E-state index in [1.165, 1.54) is 0 Å². The summed E-state index contributed by atoms with van der Waals surface area (Å²) in [6.07, 6.45) is 1.95. The third kappa shape index (κ3) is 12.7. The third-order valence-electron chi connectivity index (χ3n) is 3.33. The van der Waals surface area contributed by atoms with E-state index in [0.29, 0.717) is 51.4 Å². The van der Waals surface area contributed by atoms with Crippen LogP contribution in [0.1, 0.15) is 51.4 Å². The Balaban J connectivity index is 3.59. The largest absolute Gasteiger partial charge is 0.393 e. The van der Waals surface area contributed by atoms with Crippen molar-refractivity contribution in [3.63, 3.8) is 0 Å². The molecule has 0 aliphatic heterocycles. The third-order valence-corrected chi connectivity index (χ3v) is 3.33. The van der Waals surface area contributed by atoms with Crippen LogP contribution in [0.2, 0.25) is 0 Å². The molecule has 20 heavy (non-hydrogen) atoms. The van der Waals surface area contributed by atoms with Crippen LogP contribution < -0.4 is 22.9 Å². The molecule has 0 aromatic rings. The van der Waals surface area contributed by atoms with Crippen molar-refractivity contribution in [2.45, 2.75) is 82.0 Å². The van der Waals surface area contributed by atoms with Crippen LogP contribution in [0.4, 0.5) is 0 Å². The number of hydrogen-bond acceptors (Lipinski definition) is 7. The first-order chi connectivity index (χ1) is 9.31. The van der Waals surface area contributed by atoms with Crippen molar-refractivity contribution in [2.24, 2.45) is 22.9 Å². The molecular weight excluding hydrogens is 260 g/mol. The minimum atomic E-state index is -0.516. The van der Waals surface area contributed by atoms with Gasteiger partial charge in [-0.15, -0.1) is 0 Å². The maximum Gasteiger partial charge on any atom is 0.0542 e. The van der Waals surface area contributed by atoms with E-state index in [-0.39, 0.29) is 0 Å². The van der Waals surface area contributed by atoms with Crippen LogP contribution in [0.15, 0.2) is 0 Å². The number of aliphatic hydroxyl groups excluding tert-OH is 3. The SMILES string of the molecule is NC(N)CCC(O)CCC(O)CCC(O)CCC(N)N. The zero-order valence-corrected chi connectivity index (χ0v) is 12.2. The smallest absolute Gasteiger partial charge is 0.0542 e. The highest BCUT2D eigenvalue weighted by atomic mass is 16.3. The Labute approximate surface area is 121 Å². The average Bonchev–Trinajstić information content (AvgIpc) is 2.37. The van der Waals surface area contributed by atoms with E-state index in [1.807, 2.05) is 0 Å². The highest BCUT2D eigenvalue weighted by Crippen LogP contribution is 2.13. The molecule has 11 N–H and O–H groups in total. The molecule has 0 aromatic heterocycles. The number of nitrogens with two attached hydrogens (primary N) is 4. The number of aliphatic hydroxyl groups is 3. The van der Waals surface area contributed by atoms with Gasteiger partial charge in [-0.2, -0.15) is 0 Å². The zero-order chi connectivity index (χ0) is 15.5. The predicted octanol–water partition coefficient (Wildman–Crippen LogP) is -1.32. The maximum absolute atomic E-state index is 9.78. The molecule has 0 fully saturated rings. The summed E-state index contributed by atoms with van der Waals surface area (Å²) in [7, 11) is 0. The van der Waals surface area contributed by atoms with Crippen LogP contribution in [-0.4, -0.2) is 46.0 Å². The fourth-order valence-corrected chi connectivity index (χ4v) is 1.97. The average molecular weight is 292 g/mol. The Morgan fingerprint density at radius 1 is 0.450 bits per heavy atom. The van der Waals surface area contributed by atoms with Gasteiger partial charge in [0.2, 0.25) is 0 Å². The van der Waals surface area contributed by atoms with Crippen LogP contribution in [0.25, 0.3) is 0 Å². The summed E-state index contributed by atoms with van der Waals surface area (Å²) < 4.78 is 0. The molecule has 0 rings (SSSR count). The Hall–Kier alpha value is -0.280. The second kappa shape index (κ2) is 11.4. The summed E-state index contributed by atoms with van der Waals surface area (Å²) in [6.45, 7) is 0. The molecule has 2 atom stereocenters. The van der Waals surface area contributed by atoms with Crippen molar-refractivity contribution in [2.75, 3.05) is 0 Å². The van der Waals surface area contributed by atoms with E-state index >= 15 is 0 Å². The normalized spacial score (nSPS) is 16.6. The summed E-state index contributed by atoms with van der Waals surface area (Å²) in [5.41, 5.74) is 21.6. The van der Waals surface area contributed by atoms with E-state index in [1.54, 1.807) is 0 Å². The van der Waals surface area contributed by atoms with Crippen LogP contribution in [0, 0.1) is 0 Å². The van der Waals surface area contributed by atoms with Gasteiger partial charge in [0, 0.05) is 0 Å². The molecule has 0 aromatic carbocycles. The molecule has 0 radical (unpaired) electrons. The number of rotatable bonds is 12. The second-order valence-corrected chi connectivity index (χ2v) is 5.60. The Bertz CT molecular complexity index is 208. The molecule has 7 heteroatoms. The summed E-state index contributed by atoms with van der Waals surface area (Å²) in [4.78, 5) is 0. The fourth-order valence-electron chi connectivity index (χ4n) is 1.97. The van der Waals surface area contributed by atoms with Crippen molar-refractivity contribution < 1.29 is 15.3 Å². The van der Waals surface area contributed by atoms with Crippen LogP contribution in [0.3, 0.4) is 0 Å². The predicted molar refractivity (Wildman–Crippen MR) is 79.3 cm³/mol. The van der Waals surface area contributed by atoms with Gasteiger partial charge in [-0.25, -0.2) is 0 Å². The van der Waals surface area contributed by atoms with E-state index in [9.17, 15) is 15.3 Å². The lowest BCUT2D eigenvalue weighted by Crippen LogP contribution is -2.31. The van der Waals surface area contributed by atoms with Crippen molar-refractivity contribution in [3.05, 3.63) is 0 Å². The molecule has 0 bridgehead atoms. The quantitative estimate of drug-likeness (QED) is 0.219. The van der Waals surface area contributed by atoms with Crippen LogP contribution in [-0.2, 0) is 0 Å². The van der Waals surface area contributed by atoms with Crippen LogP contribution in [0.5, 0.6) is 0 Å². The standard InChI is InChI=1S/C13H32N4O3/c14-12(15)7-5-10(19)3-1-9(18)2-4-11(20)6-8-13(16)17/h9-13,18-20H,1-8,14-17H2. The molecule has 7 nitrogen and oxygen atoms in total. The molecule has 0 saturated carbocycles. The van der Waals surface area contributed by atoms with Crippen molar-refractivity contribution >= 4 is 0 Å². The van der Waals surface area contributed by atoms with Gasteiger partial charge >= 0.3 is 0 Å². The number of hydrogen-bond donors (Lipinski definition) is 7. The minimum absolute atomic E-state index is 0.404. The highest BCUT2D eigenvalue weighted by Gasteiger charge is 2.13. The second-order valence-electron chi connectivity index (χ2n) is 5.60. The molecule has 0 aliphatic carbocycles. The van der Waals surface area contributed by atoms with Crippen molar-refractivity contribution in [3.8, 4) is 0 Å². The lowest BCUT2D eigenvalue weighted by molar-refractivity contribution is 0.0817. The zero-order valence-electron chi connectivity index (χ0n) is 12.2. The fraction of sp³-hybridized carbons (Fsp3) is 1.00. The Morgan fingerprint density at radius 3 is 0.850 bits per heavy atom. The highest BCUT2D eigenvalue weighted by molar-refractivity contribution is 4.67. The van der Waals surface area contributed by atoms with Crippen LogP contribution >= 0.6 is 0 Å². The lowest BCUT2D eigenvalue weighted by Gasteiger charge is -2.17. The van der Waals surface area contributed by atoms with Gasteiger partial charge in [0.1, 0.15) is 0 Å². The molecular formula is C13H32N4O3. The van der Waals surface area contributed by atoms with Gasteiger partial charge in [-0.1, -0.05) is 0 Å². The minimum Gasteiger partial charge on any atom is -0.393 e. The summed E-state index contributed by atoms with van der Waals surface area (Å²) in [6, 6.07) is 0. The van der Waals surface area contributed by atoms with E-state index in [4.69, 9.17) is 22.9 Å². The van der Waals surface area contributed by atoms with Crippen molar-refractivity contribution in [1.29, 1.82) is 0 Å². The Morgan fingerprint density at radius 2 is 0.650 bits per heavy atom. The van der Waals surface area contributed by atoms with Gasteiger partial charge in [0.25, 0.3) is 0 Å². The first-order valence-corrected chi connectivity index (χ1v) is 7.37. The van der Waals surface area contributed by atoms with Gasteiger partial charge < -0.3 is 38.3 Å². The first-order valence-electron chi connectivity index (χ1n) is 7.37. The lowest BCUT2D eigenvalue weighted by atomic mass is 10.00. The molecule has 122 valence electrons. The summed E-state index contributed by atoms with van der Waals surface area (Å²) in [5, 5.41) is 29.1. The molecule has 0 amide bonds. The van der Waals surface area contributed by atoms with E-state index in [0.717, 1.165) is 0 Å². The summed E-state index contributed by atoms with van der Waals surface area (Å²) >= 11 is 0. The van der Waals surface area contributed by atoms with Gasteiger partial charge in [-0.3, -0.25) is 0 Å². The molecule has 0 spiro atoms. The van der Waals surface area contributed by atoms with Gasteiger partial charge in [-0.05, 0) is 51.4 Å². The van der Waals surface area contributed by atoms with E-state index < -0.39 is 30.6 Å². The van der Waals surface area contributed by atoms with E-state index in [2.05, 4.69) is 0 Å². The topological polar surface area (TPSA) is 165 Å². The van der Waals surface area contributed by atoms with Gasteiger partial charge in [0.15, 0.2) is 0 Å². The van der Waals surface area contributed by atoms with Gasteiger partial charge in [0.05, 0.1) is 30.6 Å². The first kappa shape index (κ1) is 19.7. The molecule has 0 saturated heterocycles.